The SMILES string of the molecule is C[C@@H](O)CN1CCN(C(=O)c2ccc(Cl)c3cccnc23)CC1. The Morgan fingerprint density at radius 2 is 2.04 bits per heavy atom. The molecule has 1 saturated heterocycles. The number of β-amino-alcohol motifs (C(OH)–C–C–N with tert-alkyl or cyclic N) is 1. The van der Waals surface area contributed by atoms with Gasteiger partial charge in [0.2, 0.25) is 0 Å². The first-order chi connectivity index (χ1) is 11.1. The van der Waals surface area contributed by atoms with Crippen molar-refractivity contribution < 1.29 is 9.90 Å². The van der Waals surface area contributed by atoms with E-state index in [1.165, 1.54) is 0 Å². The standard InChI is InChI=1S/C17H20ClN3O2/c1-12(22)11-20-7-9-21(10-8-20)17(23)14-4-5-15(18)13-3-2-6-19-16(13)14/h2-6,12,22H,7-11H2,1H3/t12-/m1/s1. The lowest BCUT2D eigenvalue weighted by Crippen LogP contribution is -2.50. The number of halogens is 1. The number of fused-ring (bicyclic) bond motifs is 1. The van der Waals surface area contributed by atoms with Gasteiger partial charge in [-0.3, -0.25) is 14.7 Å². The van der Waals surface area contributed by atoms with E-state index < -0.39 is 0 Å². The molecule has 3 rings (SSSR count). The molecule has 0 unspecified atom stereocenters. The molecule has 0 saturated carbocycles. The number of rotatable bonds is 3. The summed E-state index contributed by atoms with van der Waals surface area (Å²) in [7, 11) is 0. The third kappa shape index (κ3) is 3.47. The second kappa shape index (κ2) is 6.83. The lowest BCUT2D eigenvalue weighted by atomic mass is 10.1. The molecule has 2 heterocycles. The molecule has 6 heteroatoms. The zero-order chi connectivity index (χ0) is 16.4. The molecular formula is C17H20ClN3O2. The maximum absolute atomic E-state index is 12.8. The molecule has 5 nitrogen and oxygen atoms in total. The number of hydrogen-bond donors (Lipinski definition) is 1. The molecule has 23 heavy (non-hydrogen) atoms. The number of carbonyl (C=O) groups excluding carboxylic acids is 1. The summed E-state index contributed by atoms with van der Waals surface area (Å²) in [5.74, 6) is -0.0120. The van der Waals surface area contributed by atoms with Crippen LogP contribution in [0.1, 0.15) is 17.3 Å². The number of carbonyl (C=O) groups is 1. The topological polar surface area (TPSA) is 56.7 Å². The summed E-state index contributed by atoms with van der Waals surface area (Å²) in [5, 5.41) is 10.9. The zero-order valence-electron chi connectivity index (χ0n) is 13.1. The van der Waals surface area contributed by atoms with Gasteiger partial charge in [0.05, 0.1) is 22.2 Å². The van der Waals surface area contributed by atoms with Crippen LogP contribution in [-0.4, -0.2) is 64.6 Å². The number of aliphatic hydroxyl groups excluding tert-OH is 1. The van der Waals surface area contributed by atoms with Crippen LogP contribution in [0, 0.1) is 0 Å². The molecule has 1 atom stereocenters. The lowest BCUT2D eigenvalue weighted by Gasteiger charge is -2.35. The van der Waals surface area contributed by atoms with Gasteiger partial charge in [0.25, 0.3) is 5.91 Å². The summed E-state index contributed by atoms with van der Waals surface area (Å²) in [6.45, 7) is 5.28. The molecule has 0 radical (unpaired) electrons. The Kier molecular flexibility index (Phi) is 4.80. The highest BCUT2D eigenvalue weighted by atomic mass is 35.5. The van der Waals surface area contributed by atoms with Crippen molar-refractivity contribution >= 4 is 28.4 Å². The summed E-state index contributed by atoms with van der Waals surface area (Å²) in [4.78, 5) is 21.2. The molecule has 0 bridgehead atoms. The summed E-state index contributed by atoms with van der Waals surface area (Å²) in [6, 6.07) is 7.20. The van der Waals surface area contributed by atoms with Crippen LogP contribution in [-0.2, 0) is 0 Å². The van der Waals surface area contributed by atoms with Crippen molar-refractivity contribution in [2.75, 3.05) is 32.7 Å². The van der Waals surface area contributed by atoms with Crippen molar-refractivity contribution in [3.05, 3.63) is 41.0 Å². The van der Waals surface area contributed by atoms with E-state index in [4.69, 9.17) is 11.6 Å². The molecule has 0 aliphatic carbocycles. The number of pyridine rings is 1. The Labute approximate surface area is 140 Å². The average Bonchev–Trinajstić information content (AvgIpc) is 2.55. The minimum Gasteiger partial charge on any atom is -0.392 e. The van der Waals surface area contributed by atoms with E-state index in [0.29, 0.717) is 35.7 Å². The third-order valence-corrected chi connectivity index (χ3v) is 4.46. The smallest absolute Gasteiger partial charge is 0.256 e. The minimum absolute atomic E-state index is 0.0120. The van der Waals surface area contributed by atoms with Gasteiger partial charge >= 0.3 is 0 Å². The monoisotopic (exact) mass is 333 g/mol. The average molecular weight is 334 g/mol. The second-order valence-corrected chi connectivity index (χ2v) is 6.34. The Bertz CT molecular complexity index is 712. The Hall–Kier alpha value is -1.69. The van der Waals surface area contributed by atoms with Crippen LogP contribution < -0.4 is 0 Å². The normalized spacial score (nSPS) is 17.4. The van der Waals surface area contributed by atoms with Crippen LogP contribution >= 0.6 is 11.6 Å². The summed E-state index contributed by atoms with van der Waals surface area (Å²) >= 11 is 6.19. The summed E-state index contributed by atoms with van der Waals surface area (Å²) < 4.78 is 0. The number of nitrogens with zero attached hydrogens (tertiary/aromatic N) is 3. The molecule has 1 aromatic carbocycles. The fourth-order valence-electron chi connectivity index (χ4n) is 2.99. The number of amides is 1. The van der Waals surface area contributed by atoms with Gasteiger partial charge in [0.1, 0.15) is 0 Å². The lowest BCUT2D eigenvalue weighted by molar-refractivity contribution is 0.0555. The highest BCUT2D eigenvalue weighted by molar-refractivity contribution is 6.36. The van der Waals surface area contributed by atoms with Crippen LogP contribution in [0.2, 0.25) is 5.02 Å². The van der Waals surface area contributed by atoms with E-state index in [2.05, 4.69) is 9.88 Å². The van der Waals surface area contributed by atoms with Crippen LogP contribution in [0.25, 0.3) is 10.9 Å². The Morgan fingerprint density at radius 1 is 1.30 bits per heavy atom. The number of benzene rings is 1. The van der Waals surface area contributed by atoms with Gasteiger partial charge in [-0.2, -0.15) is 0 Å². The molecule has 1 aliphatic rings. The van der Waals surface area contributed by atoms with Crippen molar-refractivity contribution in [1.82, 2.24) is 14.8 Å². The summed E-state index contributed by atoms with van der Waals surface area (Å²) in [6.07, 6.45) is 1.33. The molecule has 2 aromatic rings. The van der Waals surface area contributed by atoms with Gasteiger partial charge in [0, 0.05) is 44.3 Å². The minimum atomic E-state index is -0.346. The predicted octanol–water partition coefficient (Wildman–Crippen LogP) is 2.03. The molecule has 122 valence electrons. The Balaban J connectivity index is 1.79. The van der Waals surface area contributed by atoms with E-state index >= 15 is 0 Å². The van der Waals surface area contributed by atoms with Gasteiger partial charge in [-0.25, -0.2) is 0 Å². The van der Waals surface area contributed by atoms with Crippen molar-refractivity contribution in [2.24, 2.45) is 0 Å². The van der Waals surface area contributed by atoms with E-state index in [1.807, 2.05) is 17.0 Å². The van der Waals surface area contributed by atoms with Gasteiger partial charge in [0.15, 0.2) is 0 Å². The molecule has 1 N–H and O–H groups in total. The number of piperazine rings is 1. The number of aliphatic hydroxyl groups is 1. The fraction of sp³-hybridized carbons (Fsp3) is 0.412. The van der Waals surface area contributed by atoms with Crippen LogP contribution in [0.4, 0.5) is 0 Å². The Morgan fingerprint density at radius 3 is 2.74 bits per heavy atom. The number of aromatic nitrogens is 1. The van der Waals surface area contributed by atoms with Crippen molar-refractivity contribution in [1.29, 1.82) is 0 Å². The maximum atomic E-state index is 12.8. The van der Waals surface area contributed by atoms with Crippen LogP contribution in [0.3, 0.4) is 0 Å². The fourth-order valence-corrected chi connectivity index (χ4v) is 3.20. The first kappa shape index (κ1) is 16.2. The first-order valence-electron chi connectivity index (χ1n) is 7.79. The van der Waals surface area contributed by atoms with E-state index in [0.717, 1.165) is 18.5 Å². The van der Waals surface area contributed by atoms with Gasteiger partial charge in [-0.1, -0.05) is 11.6 Å². The van der Waals surface area contributed by atoms with E-state index in [1.54, 1.807) is 25.3 Å². The second-order valence-electron chi connectivity index (χ2n) is 5.94. The molecule has 1 aromatic heterocycles. The van der Waals surface area contributed by atoms with Crippen LogP contribution in [0.5, 0.6) is 0 Å². The van der Waals surface area contributed by atoms with Crippen molar-refractivity contribution in [3.8, 4) is 0 Å². The maximum Gasteiger partial charge on any atom is 0.256 e. The largest absolute Gasteiger partial charge is 0.392 e. The van der Waals surface area contributed by atoms with Crippen molar-refractivity contribution in [3.63, 3.8) is 0 Å². The first-order valence-corrected chi connectivity index (χ1v) is 8.17. The van der Waals surface area contributed by atoms with Crippen LogP contribution in [0.15, 0.2) is 30.5 Å². The van der Waals surface area contributed by atoms with Crippen molar-refractivity contribution in [2.45, 2.75) is 13.0 Å². The third-order valence-electron chi connectivity index (χ3n) is 4.13. The van der Waals surface area contributed by atoms with Gasteiger partial charge < -0.3 is 10.0 Å². The van der Waals surface area contributed by atoms with E-state index in [9.17, 15) is 9.90 Å². The van der Waals surface area contributed by atoms with Gasteiger partial charge in [-0.05, 0) is 31.2 Å². The highest BCUT2D eigenvalue weighted by Gasteiger charge is 2.24. The molecule has 1 amide bonds. The van der Waals surface area contributed by atoms with E-state index in [-0.39, 0.29) is 12.0 Å². The van der Waals surface area contributed by atoms with Gasteiger partial charge in [-0.15, -0.1) is 0 Å². The number of hydrogen-bond acceptors (Lipinski definition) is 4. The molecule has 1 aliphatic heterocycles. The zero-order valence-corrected chi connectivity index (χ0v) is 13.8. The predicted molar refractivity (Wildman–Crippen MR) is 90.8 cm³/mol. The quantitative estimate of drug-likeness (QED) is 0.933. The molecular weight excluding hydrogens is 314 g/mol. The highest BCUT2D eigenvalue weighted by Crippen LogP contribution is 2.25. The molecule has 1 fully saturated rings. The molecule has 0 spiro atoms. The summed E-state index contributed by atoms with van der Waals surface area (Å²) in [5.41, 5.74) is 1.24.